The average molecular weight is 602 g/mol. The summed E-state index contributed by atoms with van der Waals surface area (Å²) in [6, 6.07) is 17.4. The molecule has 0 amide bonds. The third-order valence-electron chi connectivity index (χ3n) is 7.20. The van der Waals surface area contributed by atoms with Crippen LogP contribution in [0, 0.1) is 0 Å². The molecule has 1 aliphatic rings. The first-order chi connectivity index (χ1) is 18.8. The second-order valence-corrected chi connectivity index (χ2v) is 12.0. The summed E-state index contributed by atoms with van der Waals surface area (Å²) >= 11 is 6.07. The van der Waals surface area contributed by atoms with Gasteiger partial charge in [-0.2, -0.15) is 35.7 Å². The fraction of sp³-hybridized carbons (Fsp3) is 0.296. The number of fused-ring (bicyclic) bond motifs is 1. The number of benzene rings is 3. The van der Waals surface area contributed by atoms with E-state index in [2.05, 4.69) is 10.2 Å². The Balaban J connectivity index is 1.50. The number of aromatic amines is 1. The molecule has 1 saturated heterocycles. The van der Waals surface area contributed by atoms with E-state index in [0.29, 0.717) is 31.5 Å². The van der Waals surface area contributed by atoms with Gasteiger partial charge < -0.3 is 0 Å². The lowest BCUT2D eigenvalue weighted by molar-refractivity contribution is -0.137. The molecule has 212 valence electrons. The van der Waals surface area contributed by atoms with Crippen LogP contribution in [0.2, 0.25) is 5.02 Å². The number of hydrogen-bond donors (Lipinski definition) is 1. The Hall–Kier alpha value is -3.09. The summed E-state index contributed by atoms with van der Waals surface area (Å²) in [6.45, 7) is -0.584. The fourth-order valence-electron chi connectivity index (χ4n) is 5.16. The Morgan fingerprint density at radius 3 is 1.95 bits per heavy atom. The van der Waals surface area contributed by atoms with Crippen molar-refractivity contribution < 1.29 is 34.8 Å². The first kappa shape index (κ1) is 28.4. The van der Waals surface area contributed by atoms with Crippen LogP contribution in [0.25, 0.3) is 10.9 Å². The van der Waals surface area contributed by atoms with E-state index in [9.17, 15) is 34.8 Å². The van der Waals surface area contributed by atoms with Crippen molar-refractivity contribution in [1.29, 1.82) is 0 Å². The fourth-order valence-corrected chi connectivity index (χ4v) is 6.27. The third kappa shape index (κ3) is 5.44. The van der Waals surface area contributed by atoms with Gasteiger partial charge in [0.05, 0.1) is 16.8 Å². The van der Waals surface area contributed by atoms with E-state index in [-0.39, 0.29) is 31.8 Å². The molecule has 0 bridgehead atoms. The molecule has 40 heavy (non-hydrogen) atoms. The van der Waals surface area contributed by atoms with E-state index in [0.717, 1.165) is 23.3 Å². The van der Waals surface area contributed by atoms with Crippen LogP contribution in [0.1, 0.15) is 52.6 Å². The van der Waals surface area contributed by atoms with Crippen molar-refractivity contribution in [2.45, 2.75) is 36.4 Å². The molecule has 5 nitrogen and oxygen atoms in total. The SMILES string of the molecule is O=S(=O)(N1CCC(c2n[nH]c3ccc(C(c4ccc(Cl)cc4)c4ccc(C(F)(F)F)cc4)cc23)CC1)C(F)(F)F. The maximum Gasteiger partial charge on any atom is 0.511 e. The lowest BCUT2D eigenvalue weighted by atomic mass is 9.83. The first-order valence-corrected chi connectivity index (χ1v) is 14.0. The number of nitrogens with one attached hydrogen (secondary N) is 1. The van der Waals surface area contributed by atoms with Gasteiger partial charge in [-0.3, -0.25) is 5.10 Å². The molecule has 4 aromatic rings. The van der Waals surface area contributed by atoms with E-state index >= 15 is 0 Å². The monoisotopic (exact) mass is 601 g/mol. The molecule has 2 heterocycles. The molecule has 5 rings (SSSR count). The largest absolute Gasteiger partial charge is 0.511 e. The van der Waals surface area contributed by atoms with Crippen LogP contribution in [0.5, 0.6) is 0 Å². The molecule has 1 atom stereocenters. The van der Waals surface area contributed by atoms with Crippen molar-refractivity contribution in [3.8, 4) is 0 Å². The van der Waals surface area contributed by atoms with Crippen molar-refractivity contribution >= 4 is 32.5 Å². The Morgan fingerprint density at radius 2 is 1.40 bits per heavy atom. The third-order valence-corrected chi connectivity index (χ3v) is 9.08. The highest BCUT2D eigenvalue weighted by molar-refractivity contribution is 7.90. The molecule has 1 fully saturated rings. The van der Waals surface area contributed by atoms with Crippen molar-refractivity contribution in [2.75, 3.05) is 13.1 Å². The molecule has 1 aromatic heterocycles. The summed E-state index contributed by atoms with van der Waals surface area (Å²) < 4.78 is 103. The minimum atomic E-state index is -5.40. The van der Waals surface area contributed by atoms with Gasteiger partial charge in [0.2, 0.25) is 0 Å². The predicted octanol–water partition coefficient (Wildman–Crippen LogP) is 7.44. The number of alkyl halides is 6. The minimum Gasteiger partial charge on any atom is -0.278 e. The zero-order valence-electron chi connectivity index (χ0n) is 20.6. The Labute approximate surface area is 230 Å². The van der Waals surface area contributed by atoms with Gasteiger partial charge in [0.15, 0.2) is 0 Å². The quantitative estimate of drug-likeness (QED) is 0.191. The lowest BCUT2D eigenvalue weighted by Gasteiger charge is -2.31. The molecule has 1 unspecified atom stereocenters. The van der Waals surface area contributed by atoms with Crippen molar-refractivity contribution in [1.82, 2.24) is 14.5 Å². The molecular formula is C27H22ClF6N3O2S. The highest BCUT2D eigenvalue weighted by Gasteiger charge is 2.50. The zero-order valence-corrected chi connectivity index (χ0v) is 22.2. The van der Waals surface area contributed by atoms with E-state index in [1.165, 1.54) is 12.1 Å². The maximum absolute atomic E-state index is 13.2. The Morgan fingerprint density at radius 1 is 0.850 bits per heavy atom. The van der Waals surface area contributed by atoms with Gasteiger partial charge in [0.1, 0.15) is 0 Å². The Kier molecular flexibility index (Phi) is 7.38. The van der Waals surface area contributed by atoms with Crippen molar-refractivity contribution in [2.24, 2.45) is 0 Å². The lowest BCUT2D eigenvalue weighted by Crippen LogP contribution is -2.44. The number of halogens is 7. The number of hydrogen-bond acceptors (Lipinski definition) is 3. The molecule has 1 aliphatic heterocycles. The Bertz CT molecular complexity index is 1610. The second kappa shape index (κ2) is 10.4. The molecule has 0 saturated carbocycles. The van der Waals surface area contributed by atoms with Crippen LogP contribution in [0.3, 0.4) is 0 Å². The summed E-state index contributed by atoms with van der Waals surface area (Å²) in [5.74, 6) is -0.741. The van der Waals surface area contributed by atoms with E-state index in [1.807, 2.05) is 12.1 Å². The molecule has 1 N–H and O–H groups in total. The summed E-state index contributed by atoms with van der Waals surface area (Å²) in [7, 11) is -5.40. The van der Waals surface area contributed by atoms with Gasteiger partial charge in [0, 0.05) is 35.3 Å². The number of piperidine rings is 1. The predicted molar refractivity (Wildman–Crippen MR) is 138 cm³/mol. The standard InChI is InChI=1S/C27H22ClF6N3O2S/c28-21-8-3-17(4-9-21)24(16-1-6-20(7-2-16)26(29,30)31)19-5-10-23-22(15-19)25(36-35-23)18-11-13-37(14-12-18)40(38,39)27(32,33)34/h1-10,15,18,24H,11-14H2,(H,35,36). The van der Waals surface area contributed by atoms with E-state index < -0.39 is 33.2 Å². The maximum atomic E-state index is 13.2. The summed E-state index contributed by atoms with van der Waals surface area (Å²) in [5, 5.41) is 8.53. The minimum absolute atomic E-state index is 0.152. The summed E-state index contributed by atoms with van der Waals surface area (Å²) in [5.41, 5.74) is -2.69. The zero-order chi connectivity index (χ0) is 28.9. The molecule has 0 spiro atoms. The second-order valence-electron chi connectivity index (χ2n) is 9.64. The van der Waals surface area contributed by atoms with Gasteiger partial charge in [-0.1, -0.05) is 41.9 Å². The van der Waals surface area contributed by atoms with Crippen LogP contribution in [-0.2, 0) is 16.2 Å². The van der Waals surface area contributed by atoms with E-state index in [1.54, 1.807) is 30.3 Å². The van der Waals surface area contributed by atoms with Gasteiger partial charge in [0.25, 0.3) is 0 Å². The first-order valence-electron chi connectivity index (χ1n) is 12.2. The number of H-pyrrole nitrogens is 1. The van der Waals surface area contributed by atoms with Crippen LogP contribution < -0.4 is 0 Å². The highest BCUT2D eigenvalue weighted by Crippen LogP contribution is 2.39. The van der Waals surface area contributed by atoms with Gasteiger partial charge in [-0.05, 0) is 65.9 Å². The van der Waals surface area contributed by atoms with Crippen LogP contribution >= 0.6 is 11.6 Å². The van der Waals surface area contributed by atoms with Crippen LogP contribution in [-0.4, -0.2) is 41.5 Å². The van der Waals surface area contributed by atoms with Gasteiger partial charge >= 0.3 is 21.7 Å². The number of aromatic nitrogens is 2. The molecule has 3 aromatic carbocycles. The molecule has 0 aliphatic carbocycles. The van der Waals surface area contributed by atoms with Crippen LogP contribution in [0.4, 0.5) is 26.3 Å². The van der Waals surface area contributed by atoms with Crippen molar-refractivity contribution in [3.05, 3.63) is 99.7 Å². The topological polar surface area (TPSA) is 66.1 Å². The number of sulfonamides is 1. The smallest absolute Gasteiger partial charge is 0.278 e. The van der Waals surface area contributed by atoms with Crippen LogP contribution in [0.15, 0.2) is 66.7 Å². The molecule has 0 radical (unpaired) electrons. The average Bonchev–Trinajstić information content (AvgIpc) is 3.33. The molecule has 13 heteroatoms. The van der Waals surface area contributed by atoms with E-state index in [4.69, 9.17) is 11.6 Å². The number of nitrogens with zero attached hydrogens (tertiary/aromatic N) is 2. The molecular weight excluding hydrogens is 580 g/mol. The summed E-state index contributed by atoms with van der Waals surface area (Å²) in [6.07, 6.45) is -4.17. The number of rotatable bonds is 5. The normalized spacial score (nSPS) is 16.9. The van der Waals surface area contributed by atoms with Crippen molar-refractivity contribution in [3.63, 3.8) is 0 Å². The van der Waals surface area contributed by atoms with Gasteiger partial charge in [-0.25, -0.2) is 8.42 Å². The summed E-state index contributed by atoms with van der Waals surface area (Å²) in [4.78, 5) is 0. The van der Waals surface area contributed by atoms with Gasteiger partial charge in [-0.15, -0.1) is 0 Å². The highest BCUT2D eigenvalue weighted by atomic mass is 35.5.